The van der Waals surface area contributed by atoms with Gasteiger partial charge in [-0.25, -0.2) is 37.9 Å². The third-order valence-corrected chi connectivity index (χ3v) is 7.01. The molecule has 3 aromatic heterocycles. The van der Waals surface area contributed by atoms with Crippen molar-refractivity contribution in [3.63, 3.8) is 0 Å². The molecule has 5 rings (SSSR count). The molecule has 0 saturated heterocycles. The van der Waals surface area contributed by atoms with Crippen molar-refractivity contribution in [2.75, 3.05) is 17.7 Å². The molecule has 0 bridgehead atoms. The van der Waals surface area contributed by atoms with Gasteiger partial charge in [-0.2, -0.15) is 4.98 Å². The number of nitrogens with zero attached hydrogens (tertiary/aromatic N) is 6. The summed E-state index contributed by atoms with van der Waals surface area (Å²) in [4.78, 5) is 43.0. The third kappa shape index (κ3) is 5.08. The molecule has 0 radical (unpaired) electrons. The summed E-state index contributed by atoms with van der Waals surface area (Å²) in [7, 11) is 1.74. The van der Waals surface area contributed by atoms with Crippen LogP contribution < -0.4 is 22.0 Å². The Bertz CT molecular complexity index is 1770. The lowest BCUT2D eigenvalue weighted by Crippen LogP contribution is -2.43. The van der Waals surface area contributed by atoms with Gasteiger partial charge in [0.05, 0.1) is 39.0 Å². The number of nitrogens with one attached hydrogen (secondary N) is 2. The lowest BCUT2D eigenvalue weighted by molar-refractivity contribution is 0.505. The molecule has 194 valence electrons. The predicted octanol–water partition coefficient (Wildman–Crippen LogP) is 4.27. The van der Waals surface area contributed by atoms with E-state index in [-0.39, 0.29) is 35.4 Å². The number of anilines is 3. The van der Waals surface area contributed by atoms with Crippen LogP contribution in [0.4, 0.5) is 25.5 Å². The largest absolute Gasteiger partial charge is 0.365 e. The maximum Gasteiger partial charge on any atom is 0.355 e. The van der Waals surface area contributed by atoms with Crippen molar-refractivity contribution in [3.05, 3.63) is 96.8 Å². The Morgan fingerprint density at radius 1 is 0.974 bits per heavy atom. The number of thiazole rings is 1. The van der Waals surface area contributed by atoms with E-state index in [1.165, 1.54) is 29.8 Å². The monoisotopic (exact) mass is 576 g/mol. The zero-order chi connectivity index (χ0) is 27.0. The number of hydrogen-bond acceptors (Lipinski definition) is 9. The molecule has 10 nitrogen and oxygen atoms in total. The zero-order valence-corrected chi connectivity index (χ0v) is 21.7. The van der Waals surface area contributed by atoms with Crippen molar-refractivity contribution in [2.45, 2.75) is 13.1 Å². The third-order valence-electron chi connectivity index (χ3n) is 5.39. The predicted molar refractivity (Wildman–Crippen MR) is 142 cm³/mol. The highest BCUT2D eigenvalue weighted by Crippen LogP contribution is 2.34. The van der Waals surface area contributed by atoms with Crippen LogP contribution in [0.25, 0.3) is 10.2 Å². The van der Waals surface area contributed by atoms with Crippen LogP contribution in [0.2, 0.25) is 10.0 Å². The molecule has 0 aliphatic heterocycles. The Morgan fingerprint density at radius 2 is 1.74 bits per heavy atom. The molecule has 0 amide bonds. The first-order valence-corrected chi connectivity index (χ1v) is 12.5. The van der Waals surface area contributed by atoms with E-state index in [1.807, 2.05) is 0 Å². The van der Waals surface area contributed by atoms with Crippen molar-refractivity contribution >= 4 is 61.5 Å². The van der Waals surface area contributed by atoms with Crippen molar-refractivity contribution in [1.82, 2.24) is 29.1 Å². The first-order valence-electron chi connectivity index (χ1n) is 10.9. The summed E-state index contributed by atoms with van der Waals surface area (Å²) in [5.74, 6) is -2.37. The maximum atomic E-state index is 14.1. The number of aromatic nitrogens is 6. The van der Waals surface area contributed by atoms with Gasteiger partial charge < -0.3 is 10.6 Å². The van der Waals surface area contributed by atoms with Gasteiger partial charge in [-0.3, -0.25) is 4.57 Å². The summed E-state index contributed by atoms with van der Waals surface area (Å²) in [6.07, 6.45) is 2.94. The minimum absolute atomic E-state index is 0.157. The zero-order valence-electron chi connectivity index (χ0n) is 19.4. The van der Waals surface area contributed by atoms with Crippen LogP contribution >= 0.6 is 34.5 Å². The standard InChI is InChI=1S/C23H16Cl2F2N8O2S/c1-28-21-32-16-7-12(24)15(8-17(16)38-21)31-20-33-22(36)35(10-18-29-3-2-4-30-18)23(37)34(20)9-11-5-13(25)19(27)14(26)6-11/h2-8H,9-10H2,1H3,(H,28,32)(H,31,33,36). The number of rotatable bonds is 7. The minimum atomic E-state index is -1.21. The molecule has 2 N–H and O–H groups in total. The summed E-state index contributed by atoms with van der Waals surface area (Å²) >= 11 is 13.6. The van der Waals surface area contributed by atoms with E-state index in [4.69, 9.17) is 23.2 Å². The fourth-order valence-corrected chi connectivity index (χ4v) is 4.88. The number of hydrogen-bond donors (Lipinski definition) is 2. The van der Waals surface area contributed by atoms with Gasteiger partial charge in [0.1, 0.15) is 5.82 Å². The summed E-state index contributed by atoms with van der Waals surface area (Å²) in [5, 5.41) is 6.35. The molecule has 0 aliphatic carbocycles. The van der Waals surface area contributed by atoms with E-state index in [0.717, 1.165) is 19.9 Å². The van der Waals surface area contributed by atoms with E-state index in [1.54, 1.807) is 25.2 Å². The van der Waals surface area contributed by atoms with Gasteiger partial charge in [0.15, 0.2) is 16.8 Å². The molecular formula is C23H16Cl2F2N8O2S. The molecule has 0 saturated carbocycles. The van der Waals surface area contributed by atoms with Gasteiger partial charge in [-0.1, -0.05) is 34.5 Å². The topological polar surface area (TPSA) is 120 Å². The van der Waals surface area contributed by atoms with Gasteiger partial charge in [-0.05, 0) is 35.9 Å². The van der Waals surface area contributed by atoms with E-state index in [9.17, 15) is 18.4 Å². The second-order valence-corrected chi connectivity index (χ2v) is 9.75. The summed E-state index contributed by atoms with van der Waals surface area (Å²) in [6, 6.07) is 7.00. The maximum absolute atomic E-state index is 14.1. The molecule has 0 spiro atoms. The van der Waals surface area contributed by atoms with Crippen molar-refractivity contribution < 1.29 is 8.78 Å². The van der Waals surface area contributed by atoms with Crippen LogP contribution in [0.3, 0.4) is 0 Å². The fourth-order valence-electron chi connectivity index (χ4n) is 3.61. The molecule has 38 heavy (non-hydrogen) atoms. The smallest absolute Gasteiger partial charge is 0.355 e. The molecule has 0 aliphatic rings. The normalized spacial score (nSPS) is 11.2. The second-order valence-electron chi connectivity index (χ2n) is 7.91. The lowest BCUT2D eigenvalue weighted by Gasteiger charge is -2.16. The molecule has 5 aromatic rings. The molecule has 3 heterocycles. The van der Waals surface area contributed by atoms with Crippen molar-refractivity contribution in [1.29, 1.82) is 0 Å². The van der Waals surface area contributed by atoms with Crippen LogP contribution in [0, 0.1) is 11.6 Å². The number of benzene rings is 2. The van der Waals surface area contributed by atoms with Crippen LogP contribution in [-0.4, -0.2) is 36.1 Å². The van der Waals surface area contributed by atoms with Gasteiger partial charge in [0, 0.05) is 19.4 Å². The van der Waals surface area contributed by atoms with Crippen molar-refractivity contribution in [3.8, 4) is 0 Å². The van der Waals surface area contributed by atoms with Gasteiger partial charge in [-0.15, -0.1) is 0 Å². The highest BCUT2D eigenvalue weighted by atomic mass is 35.5. The molecule has 0 atom stereocenters. The number of fused-ring (bicyclic) bond motifs is 1. The SMILES string of the molecule is CNc1nc2cc(Cl)c(Nc3nc(=O)n(Cc4ncccn4)c(=O)n3Cc3cc(F)c(F)c(Cl)c3)cc2s1. The highest BCUT2D eigenvalue weighted by molar-refractivity contribution is 7.22. The quantitative estimate of drug-likeness (QED) is 0.276. The molecule has 15 heteroatoms. The first kappa shape index (κ1) is 25.7. The van der Waals surface area contributed by atoms with Gasteiger partial charge >= 0.3 is 11.4 Å². The van der Waals surface area contributed by atoms with Crippen LogP contribution in [0.5, 0.6) is 0 Å². The molecule has 2 aromatic carbocycles. The molecular weight excluding hydrogens is 561 g/mol. The second kappa shape index (κ2) is 10.4. The van der Waals surface area contributed by atoms with E-state index < -0.39 is 28.0 Å². The van der Waals surface area contributed by atoms with Crippen molar-refractivity contribution in [2.24, 2.45) is 0 Å². The van der Waals surface area contributed by atoms with E-state index in [2.05, 4.69) is 30.6 Å². The average Bonchev–Trinajstić information content (AvgIpc) is 3.30. The minimum Gasteiger partial charge on any atom is -0.365 e. The first-order chi connectivity index (χ1) is 18.2. The molecule has 0 fully saturated rings. The Morgan fingerprint density at radius 3 is 2.45 bits per heavy atom. The van der Waals surface area contributed by atoms with Gasteiger partial charge in [0.2, 0.25) is 5.95 Å². The lowest BCUT2D eigenvalue weighted by atomic mass is 10.2. The van der Waals surface area contributed by atoms with Gasteiger partial charge in [0.25, 0.3) is 0 Å². The highest BCUT2D eigenvalue weighted by Gasteiger charge is 2.18. The Labute approximate surface area is 226 Å². The van der Waals surface area contributed by atoms with E-state index >= 15 is 0 Å². The Balaban J connectivity index is 1.63. The number of halogens is 4. The van der Waals surface area contributed by atoms with Crippen LogP contribution in [0.1, 0.15) is 11.4 Å². The summed E-state index contributed by atoms with van der Waals surface area (Å²) < 4.78 is 30.5. The van der Waals surface area contributed by atoms with Crippen LogP contribution in [-0.2, 0) is 13.1 Å². The average molecular weight is 577 g/mol. The van der Waals surface area contributed by atoms with E-state index in [0.29, 0.717) is 16.3 Å². The Hall–Kier alpha value is -3.94. The fraction of sp³-hybridized carbons (Fsp3) is 0.130. The van der Waals surface area contributed by atoms with Crippen LogP contribution in [0.15, 0.2) is 52.3 Å². The summed E-state index contributed by atoms with van der Waals surface area (Å²) in [5.41, 5.74) is -0.525. The molecule has 0 unspecified atom stereocenters. The summed E-state index contributed by atoms with van der Waals surface area (Å²) in [6.45, 7) is -0.559. The Kier molecular flexibility index (Phi) is 7.06.